The van der Waals surface area contributed by atoms with Gasteiger partial charge in [-0.3, -0.25) is 19.2 Å². The van der Waals surface area contributed by atoms with Gasteiger partial charge in [-0.05, 0) is 65.2 Å². The number of hydrogen-bond donors (Lipinski definition) is 2. The Kier molecular flexibility index (Phi) is 22.8. The van der Waals surface area contributed by atoms with Crippen molar-refractivity contribution in [2.24, 2.45) is 0 Å². The first kappa shape index (κ1) is 43.2. The SMILES string of the molecule is C=C(CC(=O)OC(C)C(=O)OCCCCCC(=O)OCCCCOC(=O)CCCCCOC(=O)C(C)OC(=O)CC(=C)C(=O)O)C(=O)O. The fraction of sp³-hybridized carbons (Fsp3) is 0.625. The van der Waals surface area contributed by atoms with Gasteiger partial charge in [0.15, 0.2) is 12.2 Å². The summed E-state index contributed by atoms with van der Waals surface area (Å²) >= 11 is 0. The Balaban J connectivity index is 3.73. The molecule has 0 aliphatic carbocycles. The molecule has 0 amide bonds. The van der Waals surface area contributed by atoms with Gasteiger partial charge >= 0.3 is 47.8 Å². The number of hydrogen-bond acceptors (Lipinski definition) is 14. The molecule has 0 fully saturated rings. The number of carboxylic acid groups (broad SMARTS) is 2. The second-order valence-electron chi connectivity index (χ2n) is 10.5. The van der Waals surface area contributed by atoms with Crippen molar-refractivity contribution in [1.29, 1.82) is 0 Å². The topological polar surface area (TPSA) is 232 Å². The van der Waals surface area contributed by atoms with E-state index in [9.17, 15) is 38.4 Å². The molecule has 48 heavy (non-hydrogen) atoms. The third kappa shape index (κ3) is 22.7. The van der Waals surface area contributed by atoms with Crippen LogP contribution in [-0.2, 0) is 66.8 Å². The third-order valence-electron chi connectivity index (χ3n) is 6.20. The highest BCUT2D eigenvalue weighted by molar-refractivity contribution is 5.93. The normalized spacial score (nSPS) is 11.6. The lowest BCUT2D eigenvalue weighted by atomic mass is 10.2. The van der Waals surface area contributed by atoms with Crippen LogP contribution < -0.4 is 0 Å². The quantitative estimate of drug-likeness (QED) is 0.0547. The lowest BCUT2D eigenvalue weighted by Gasteiger charge is -2.12. The van der Waals surface area contributed by atoms with Gasteiger partial charge in [-0.25, -0.2) is 19.2 Å². The zero-order chi connectivity index (χ0) is 36.5. The van der Waals surface area contributed by atoms with Crippen LogP contribution in [0.5, 0.6) is 0 Å². The molecular formula is C32H46O16. The molecule has 0 saturated carbocycles. The van der Waals surface area contributed by atoms with Gasteiger partial charge in [-0.1, -0.05) is 13.2 Å². The largest absolute Gasteiger partial charge is 0.478 e. The van der Waals surface area contributed by atoms with Crippen LogP contribution in [0.3, 0.4) is 0 Å². The highest BCUT2D eigenvalue weighted by Gasteiger charge is 2.22. The van der Waals surface area contributed by atoms with E-state index in [1.54, 1.807) is 0 Å². The van der Waals surface area contributed by atoms with Gasteiger partial charge < -0.3 is 38.6 Å². The van der Waals surface area contributed by atoms with Gasteiger partial charge in [0.1, 0.15) is 0 Å². The minimum Gasteiger partial charge on any atom is -0.478 e. The number of carbonyl (C=O) groups excluding carboxylic acids is 6. The molecule has 0 heterocycles. The van der Waals surface area contributed by atoms with Crippen LogP contribution in [0.1, 0.15) is 90.9 Å². The summed E-state index contributed by atoms with van der Waals surface area (Å²) in [6.45, 7) is 9.51. The zero-order valence-corrected chi connectivity index (χ0v) is 27.5. The van der Waals surface area contributed by atoms with E-state index in [4.69, 9.17) is 38.6 Å². The molecule has 0 rings (SSSR count). The zero-order valence-electron chi connectivity index (χ0n) is 27.5. The summed E-state index contributed by atoms with van der Waals surface area (Å²) in [5.41, 5.74) is -0.713. The maximum absolute atomic E-state index is 11.9. The molecule has 0 aliphatic rings. The smallest absolute Gasteiger partial charge is 0.347 e. The van der Waals surface area contributed by atoms with Gasteiger partial charge in [0.2, 0.25) is 0 Å². The third-order valence-corrected chi connectivity index (χ3v) is 6.20. The first-order valence-electron chi connectivity index (χ1n) is 15.5. The molecule has 16 nitrogen and oxygen atoms in total. The highest BCUT2D eigenvalue weighted by Crippen LogP contribution is 2.08. The van der Waals surface area contributed by atoms with E-state index >= 15 is 0 Å². The Morgan fingerprint density at radius 3 is 1.12 bits per heavy atom. The lowest BCUT2D eigenvalue weighted by Crippen LogP contribution is -2.27. The second-order valence-corrected chi connectivity index (χ2v) is 10.5. The van der Waals surface area contributed by atoms with E-state index in [2.05, 4.69) is 13.2 Å². The highest BCUT2D eigenvalue weighted by atomic mass is 16.6. The Hall–Kier alpha value is -4.76. The molecule has 0 radical (unpaired) electrons. The van der Waals surface area contributed by atoms with Crippen molar-refractivity contribution in [3.8, 4) is 0 Å². The van der Waals surface area contributed by atoms with Crippen molar-refractivity contribution >= 4 is 47.8 Å². The van der Waals surface area contributed by atoms with E-state index in [1.807, 2.05) is 0 Å². The average molecular weight is 687 g/mol. The molecule has 270 valence electrons. The number of esters is 6. The molecule has 2 atom stereocenters. The maximum Gasteiger partial charge on any atom is 0.347 e. The molecule has 16 heteroatoms. The van der Waals surface area contributed by atoms with Gasteiger partial charge in [0, 0.05) is 24.0 Å². The van der Waals surface area contributed by atoms with Crippen molar-refractivity contribution in [2.75, 3.05) is 26.4 Å². The molecule has 0 spiro atoms. The molecule has 0 aliphatic heterocycles. The van der Waals surface area contributed by atoms with Crippen molar-refractivity contribution in [3.63, 3.8) is 0 Å². The number of aliphatic carboxylic acids is 2. The van der Waals surface area contributed by atoms with Crippen molar-refractivity contribution in [2.45, 2.75) is 103 Å². The minimum atomic E-state index is -1.34. The van der Waals surface area contributed by atoms with E-state index in [0.717, 1.165) is 0 Å². The first-order valence-corrected chi connectivity index (χ1v) is 15.5. The van der Waals surface area contributed by atoms with Crippen LogP contribution in [0.25, 0.3) is 0 Å². The number of ether oxygens (including phenoxy) is 6. The van der Waals surface area contributed by atoms with Gasteiger partial charge in [-0.15, -0.1) is 0 Å². The number of unbranched alkanes of at least 4 members (excludes halogenated alkanes) is 5. The number of carbonyl (C=O) groups is 8. The summed E-state index contributed by atoms with van der Waals surface area (Å²) in [6.07, 6.45) is 1.03. The molecule has 0 saturated heterocycles. The summed E-state index contributed by atoms with van der Waals surface area (Å²) < 4.78 is 29.9. The fourth-order valence-corrected chi connectivity index (χ4v) is 3.47. The number of carboxylic acids is 2. The fourth-order valence-electron chi connectivity index (χ4n) is 3.47. The number of rotatable bonds is 27. The first-order chi connectivity index (χ1) is 22.6. The van der Waals surface area contributed by atoms with Crippen LogP contribution in [0.2, 0.25) is 0 Å². The predicted octanol–water partition coefficient (Wildman–Crippen LogP) is 2.99. The van der Waals surface area contributed by atoms with Crippen LogP contribution >= 0.6 is 0 Å². The van der Waals surface area contributed by atoms with Gasteiger partial charge in [0.25, 0.3) is 0 Å². The molecular weight excluding hydrogens is 640 g/mol. The Bertz CT molecular complexity index is 1050. The summed E-state index contributed by atoms with van der Waals surface area (Å²) in [5.74, 6) is -6.79. The van der Waals surface area contributed by atoms with Crippen LogP contribution in [0.4, 0.5) is 0 Å². The van der Waals surface area contributed by atoms with Crippen molar-refractivity contribution < 1.29 is 77.0 Å². The Morgan fingerprint density at radius 2 is 0.792 bits per heavy atom. The predicted molar refractivity (Wildman–Crippen MR) is 164 cm³/mol. The van der Waals surface area contributed by atoms with Gasteiger partial charge in [0.05, 0.1) is 39.3 Å². The Morgan fingerprint density at radius 1 is 0.479 bits per heavy atom. The summed E-state index contributed by atoms with van der Waals surface area (Å²) in [4.78, 5) is 92.0. The minimum absolute atomic E-state index is 0.0579. The second kappa shape index (κ2) is 25.3. The van der Waals surface area contributed by atoms with E-state index in [1.165, 1.54) is 13.8 Å². The van der Waals surface area contributed by atoms with Crippen molar-refractivity contribution in [1.82, 2.24) is 0 Å². The lowest BCUT2D eigenvalue weighted by molar-refractivity contribution is -0.166. The molecule has 2 N–H and O–H groups in total. The summed E-state index contributed by atoms with van der Waals surface area (Å²) in [6, 6.07) is 0. The van der Waals surface area contributed by atoms with Crippen LogP contribution in [0.15, 0.2) is 24.3 Å². The average Bonchev–Trinajstić information content (AvgIpc) is 3.01. The maximum atomic E-state index is 11.9. The summed E-state index contributed by atoms with van der Waals surface area (Å²) in [7, 11) is 0. The molecule has 0 aromatic rings. The van der Waals surface area contributed by atoms with E-state index in [-0.39, 0.29) is 62.4 Å². The van der Waals surface area contributed by atoms with Crippen molar-refractivity contribution in [3.05, 3.63) is 24.3 Å². The van der Waals surface area contributed by atoms with Crippen LogP contribution in [0, 0.1) is 0 Å². The molecule has 0 bridgehead atoms. The molecule has 2 unspecified atom stereocenters. The molecule has 0 aromatic heterocycles. The molecule has 0 aromatic carbocycles. The van der Waals surface area contributed by atoms with E-state index < -0.39 is 60.9 Å². The van der Waals surface area contributed by atoms with Gasteiger partial charge in [-0.2, -0.15) is 0 Å². The standard InChI is InChI=1S/C32H46O16/c1-21(29(37)38)19-27(35)47-23(3)31(41)45-17-9-5-7-13-25(33)43-15-11-12-16-44-26(34)14-8-6-10-18-46-32(42)24(4)48-28(36)20-22(2)30(39)40/h23-24H,1-2,5-20H2,3-4H3,(H,37,38)(H,39,40). The Labute approximate surface area is 278 Å². The van der Waals surface area contributed by atoms with E-state index in [0.29, 0.717) is 51.4 Å². The summed E-state index contributed by atoms with van der Waals surface area (Å²) in [5, 5.41) is 17.4. The monoisotopic (exact) mass is 686 g/mol. The van der Waals surface area contributed by atoms with Crippen LogP contribution in [-0.4, -0.2) is 96.6 Å².